The molecule has 1 N–H and O–H groups in total. The smallest absolute Gasteiger partial charge is 0.252 e. The van der Waals surface area contributed by atoms with Gasteiger partial charge in [-0.1, -0.05) is 24.3 Å². The second-order valence-corrected chi connectivity index (χ2v) is 9.09. The number of sulfonamides is 1. The van der Waals surface area contributed by atoms with Crippen LogP contribution in [0, 0.1) is 5.82 Å². The zero-order chi connectivity index (χ0) is 18.6. The summed E-state index contributed by atoms with van der Waals surface area (Å²) in [5.41, 5.74) is 0.438. The molecule has 1 amide bonds. The van der Waals surface area contributed by atoms with Crippen LogP contribution in [0.3, 0.4) is 0 Å². The maximum Gasteiger partial charge on any atom is 0.252 e. The minimum absolute atomic E-state index is 0.137. The monoisotopic (exact) mass is 397 g/mol. The predicted molar refractivity (Wildman–Crippen MR) is 97.8 cm³/mol. The van der Waals surface area contributed by atoms with E-state index >= 15 is 0 Å². The second-order valence-electron chi connectivity index (χ2n) is 5.98. The van der Waals surface area contributed by atoms with E-state index in [-0.39, 0.29) is 24.8 Å². The first-order valence-electron chi connectivity index (χ1n) is 8.23. The first-order valence-corrected chi connectivity index (χ1v) is 10.5. The number of thiophene rings is 1. The van der Waals surface area contributed by atoms with E-state index in [4.69, 9.17) is 0 Å². The number of rotatable bonds is 6. The standard InChI is InChI=1S/C17H20FN3O3S2/c18-15-5-2-1-4-14(15)12-19-16(22)13-20-7-9-21(10-8-20)26(23,24)17-6-3-11-25-17/h1-6,11H,7-10,12-13H2,(H,19,22). The summed E-state index contributed by atoms with van der Waals surface area (Å²) >= 11 is 1.20. The van der Waals surface area contributed by atoms with Crippen molar-refractivity contribution in [2.75, 3.05) is 32.7 Å². The Morgan fingerprint density at radius 1 is 1.12 bits per heavy atom. The highest BCUT2D eigenvalue weighted by atomic mass is 32.2. The lowest BCUT2D eigenvalue weighted by Gasteiger charge is -2.33. The van der Waals surface area contributed by atoms with E-state index in [0.717, 1.165) is 0 Å². The molecule has 0 unspecified atom stereocenters. The fourth-order valence-electron chi connectivity index (χ4n) is 2.76. The van der Waals surface area contributed by atoms with E-state index in [1.807, 2.05) is 4.90 Å². The summed E-state index contributed by atoms with van der Waals surface area (Å²) in [5.74, 6) is -0.553. The number of carbonyl (C=O) groups is 1. The van der Waals surface area contributed by atoms with Crippen LogP contribution in [0.2, 0.25) is 0 Å². The fraction of sp³-hybridized carbons (Fsp3) is 0.353. The zero-order valence-electron chi connectivity index (χ0n) is 14.1. The summed E-state index contributed by atoms with van der Waals surface area (Å²) < 4.78 is 40.3. The molecule has 0 radical (unpaired) electrons. The van der Waals surface area contributed by atoms with Gasteiger partial charge in [-0.05, 0) is 17.5 Å². The molecule has 2 heterocycles. The number of hydrogen-bond donors (Lipinski definition) is 1. The molecule has 140 valence electrons. The van der Waals surface area contributed by atoms with Crippen molar-refractivity contribution in [3.05, 3.63) is 53.2 Å². The van der Waals surface area contributed by atoms with Crippen LogP contribution in [-0.4, -0.2) is 56.3 Å². The number of benzene rings is 1. The maximum atomic E-state index is 13.5. The fourth-order valence-corrected chi connectivity index (χ4v) is 5.33. The van der Waals surface area contributed by atoms with Crippen LogP contribution in [0.4, 0.5) is 4.39 Å². The van der Waals surface area contributed by atoms with Crippen molar-refractivity contribution >= 4 is 27.3 Å². The van der Waals surface area contributed by atoms with Crippen LogP contribution in [-0.2, 0) is 21.4 Å². The quantitative estimate of drug-likeness (QED) is 0.802. The van der Waals surface area contributed by atoms with Gasteiger partial charge in [-0.3, -0.25) is 9.69 Å². The summed E-state index contributed by atoms with van der Waals surface area (Å²) in [6.07, 6.45) is 0. The van der Waals surface area contributed by atoms with Crippen molar-refractivity contribution in [1.29, 1.82) is 0 Å². The predicted octanol–water partition coefficient (Wildman–Crippen LogP) is 1.51. The normalized spacial score (nSPS) is 16.5. The molecule has 2 aromatic rings. The van der Waals surface area contributed by atoms with Crippen LogP contribution < -0.4 is 5.32 Å². The Labute approximate surface area is 156 Å². The molecule has 1 aromatic heterocycles. The third-order valence-electron chi connectivity index (χ3n) is 4.22. The lowest BCUT2D eigenvalue weighted by atomic mass is 10.2. The lowest BCUT2D eigenvalue weighted by molar-refractivity contribution is -0.122. The molecule has 1 aromatic carbocycles. The van der Waals surface area contributed by atoms with Gasteiger partial charge in [-0.15, -0.1) is 11.3 Å². The van der Waals surface area contributed by atoms with Crippen LogP contribution in [0.25, 0.3) is 0 Å². The molecule has 0 atom stereocenters. The second kappa shape index (κ2) is 8.26. The van der Waals surface area contributed by atoms with Crippen molar-refractivity contribution in [3.8, 4) is 0 Å². The molecular weight excluding hydrogens is 377 g/mol. The first-order chi connectivity index (χ1) is 12.5. The Bertz CT molecular complexity index is 848. The van der Waals surface area contributed by atoms with Crippen molar-refractivity contribution in [2.24, 2.45) is 0 Å². The number of piperazine rings is 1. The molecule has 6 nitrogen and oxygen atoms in total. The van der Waals surface area contributed by atoms with E-state index in [2.05, 4.69) is 5.32 Å². The summed E-state index contributed by atoms with van der Waals surface area (Å²) in [6.45, 7) is 1.97. The third-order valence-corrected chi connectivity index (χ3v) is 7.49. The molecule has 0 aliphatic carbocycles. The number of carbonyl (C=O) groups excluding carboxylic acids is 1. The summed E-state index contributed by atoms with van der Waals surface area (Å²) in [4.78, 5) is 14.0. The molecule has 26 heavy (non-hydrogen) atoms. The van der Waals surface area contributed by atoms with Gasteiger partial charge in [0.05, 0.1) is 6.54 Å². The summed E-state index contributed by atoms with van der Waals surface area (Å²) in [7, 11) is -3.44. The third kappa shape index (κ3) is 4.47. The van der Waals surface area contributed by atoms with Crippen molar-refractivity contribution in [3.63, 3.8) is 0 Å². The van der Waals surface area contributed by atoms with Gasteiger partial charge in [0.15, 0.2) is 0 Å². The molecule has 1 saturated heterocycles. The van der Waals surface area contributed by atoms with Gasteiger partial charge in [0.1, 0.15) is 10.0 Å². The van der Waals surface area contributed by atoms with Gasteiger partial charge >= 0.3 is 0 Å². The van der Waals surface area contributed by atoms with Gasteiger partial charge in [-0.25, -0.2) is 12.8 Å². The van der Waals surface area contributed by atoms with E-state index < -0.39 is 10.0 Å². The number of nitrogens with one attached hydrogen (secondary N) is 1. The van der Waals surface area contributed by atoms with Crippen molar-refractivity contribution < 1.29 is 17.6 Å². The number of nitrogens with zero attached hydrogens (tertiary/aromatic N) is 2. The van der Waals surface area contributed by atoms with Gasteiger partial charge < -0.3 is 5.32 Å². The number of hydrogen-bond acceptors (Lipinski definition) is 5. The van der Waals surface area contributed by atoms with E-state index in [1.54, 1.807) is 35.7 Å². The minimum atomic E-state index is -3.44. The van der Waals surface area contributed by atoms with Gasteiger partial charge in [-0.2, -0.15) is 4.31 Å². The average Bonchev–Trinajstić information content (AvgIpc) is 3.17. The Kier molecular flexibility index (Phi) is 6.02. The Hall–Kier alpha value is -1.81. The van der Waals surface area contributed by atoms with Crippen LogP contribution in [0.5, 0.6) is 0 Å². The molecule has 1 fully saturated rings. The SMILES string of the molecule is O=C(CN1CCN(S(=O)(=O)c2cccs2)CC1)NCc1ccccc1F. The van der Waals surface area contributed by atoms with E-state index in [9.17, 15) is 17.6 Å². The number of amides is 1. The topological polar surface area (TPSA) is 69.7 Å². The molecule has 0 spiro atoms. The lowest BCUT2D eigenvalue weighted by Crippen LogP contribution is -2.50. The molecule has 0 saturated carbocycles. The first kappa shape index (κ1) is 19.0. The summed E-state index contributed by atoms with van der Waals surface area (Å²) in [5, 5.41) is 4.44. The van der Waals surface area contributed by atoms with Gasteiger partial charge in [0, 0.05) is 38.3 Å². The maximum absolute atomic E-state index is 13.5. The molecule has 1 aliphatic heterocycles. The molecule has 3 rings (SSSR count). The van der Waals surface area contributed by atoms with E-state index in [1.165, 1.54) is 21.7 Å². The van der Waals surface area contributed by atoms with Crippen LogP contribution in [0.1, 0.15) is 5.56 Å². The highest BCUT2D eigenvalue weighted by molar-refractivity contribution is 7.91. The largest absolute Gasteiger partial charge is 0.351 e. The molecular formula is C17H20FN3O3S2. The van der Waals surface area contributed by atoms with Gasteiger partial charge in [0.2, 0.25) is 5.91 Å². The Morgan fingerprint density at radius 3 is 2.50 bits per heavy atom. The summed E-state index contributed by atoms with van der Waals surface area (Å²) in [6, 6.07) is 9.62. The van der Waals surface area contributed by atoms with E-state index in [0.29, 0.717) is 36.0 Å². The molecule has 9 heteroatoms. The van der Waals surface area contributed by atoms with Crippen molar-refractivity contribution in [1.82, 2.24) is 14.5 Å². The number of halogens is 1. The Balaban J connectivity index is 1.47. The highest BCUT2D eigenvalue weighted by Gasteiger charge is 2.29. The van der Waals surface area contributed by atoms with Crippen LogP contribution in [0.15, 0.2) is 46.0 Å². The minimum Gasteiger partial charge on any atom is -0.351 e. The Morgan fingerprint density at radius 2 is 1.85 bits per heavy atom. The average molecular weight is 397 g/mol. The zero-order valence-corrected chi connectivity index (χ0v) is 15.7. The molecule has 0 bridgehead atoms. The highest BCUT2D eigenvalue weighted by Crippen LogP contribution is 2.21. The van der Waals surface area contributed by atoms with Crippen molar-refractivity contribution in [2.45, 2.75) is 10.8 Å². The van der Waals surface area contributed by atoms with Gasteiger partial charge in [0.25, 0.3) is 10.0 Å². The van der Waals surface area contributed by atoms with Crippen LogP contribution >= 0.6 is 11.3 Å². The molecule has 1 aliphatic rings.